The van der Waals surface area contributed by atoms with Crippen molar-refractivity contribution in [2.45, 2.75) is 25.4 Å². The molecule has 0 unspecified atom stereocenters. The number of urea groups is 1. The van der Waals surface area contributed by atoms with Crippen molar-refractivity contribution in [2.75, 3.05) is 23.9 Å². The number of hydrogen-bond donors (Lipinski definition) is 2. The molecule has 1 saturated heterocycles. The third-order valence-corrected chi connectivity index (χ3v) is 8.29. The number of aromatic nitrogens is 1. The summed E-state index contributed by atoms with van der Waals surface area (Å²) in [5, 5.41) is 3.91. The SMILES string of the molecule is CCOc1ccc(NC(=O)c2ccccc2N2C(=O)[C@@H]3Cc4c([nH]c5ccccc45)[C@@H](c4ccc(OC)cc4)N3C2=O)cc1. The highest BCUT2D eigenvalue weighted by Gasteiger charge is 2.53. The minimum Gasteiger partial charge on any atom is -0.497 e. The fourth-order valence-electron chi connectivity index (χ4n) is 6.29. The molecule has 9 heteroatoms. The molecule has 44 heavy (non-hydrogen) atoms. The highest BCUT2D eigenvalue weighted by molar-refractivity contribution is 6.24. The van der Waals surface area contributed by atoms with Crippen molar-refractivity contribution < 1.29 is 23.9 Å². The summed E-state index contributed by atoms with van der Waals surface area (Å²) in [6.07, 6.45) is 0.355. The maximum absolute atomic E-state index is 14.4. The van der Waals surface area contributed by atoms with E-state index in [1.165, 1.54) is 0 Å². The highest BCUT2D eigenvalue weighted by atomic mass is 16.5. The largest absolute Gasteiger partial charge is 0.497 e. The number of carbonyl (C=O) groups excluding carboxylic acids is 3. The molecule has 1 fully saturated rings. The van der Waals surface area contributed by atoms with Gasteiger partial charge in [0.15, 0.2) is 0 Å². The van der Waals surface area contributed by atoms with Crippen LogP contribution in [0, 0.1) is 0 Å². The number of aromatic amines is 1. The molecule has 5 aromatic rings. The second-order valence-corrected chi connectivity index (χ2v) is 10.8. The first-order valence-electron chi connectivity index (χ1n) is 14.5. The van der Waals surface area contributed by atoms with Crippen LogP contribution in [0.1, 0.15) is 40.1 Å². The van der Waals surface area contributed by atoms with E-state index in [1.807, 2.05) is 55.5 Å². The first kappa shape index (κ1) is 27.3. The molecule has 2 N–H and O–H groups in total. The zero-order valence-electron chi connectivity index (χ0n) is 24.2. The lowest BCUT2D eigenvalue weighted by molar-refractivity contribution is -0.120. The molecule has 1 aromatic heterocycles. The van der Waals surface area contributed by atoms with Gasteiger partial charge < -0.3 is 19.8 Å². The zero-order valence-corrected chi connectivity index (χ0v) is 24.2. The van der Waals surface area contributed by atoms with Gasteiger partial charge in [-0.15, -0.1) is 0 Å². The summed E-state index contributed by atoms with van der Waals surface area (Å²) < 4.78 is 10.9. The minimum atomic E-state index is -0.747. The van der Waals surface area contributed by atoms with E-state index in [9.17, 15) is 14.4 Å². The molecule has 3 heterocycles. The number of imide groups is 1. The first-order chi connectivity index (χ1) is 21.5. The number of hydrogen-bond acceptors (Lipinski definition) is 5. The average molecular weight is 587 g/mol. The molecule has 7 rings (SSSR count). The quantitative estimate of drug-likeness (QED) is 0.218. The summed E-state index contributed by atoms with van der Waals surface area (Å²) in [5.74, 6) is 0.583. The van der Waals surface area contributed by atoms with Crippen LogP contribution in [0.15, 0.2) is 97.1 Å². The minimum absolute atomic E-state index is 0.216. The number of fused-ring (bicyclic) bond motifs is 4. The number of ether oxygens (including phenoxy) is 2. The van der Waals surface area contributed by atoms with Crippen molar-refractivity contribution in [3.8, 4) is 11.5 Å². The number of carbonyl (C=O) groups is 3. The number of benzene rings is 4. The van der Waals surface area contributed by atoms with E-state index in [1.54, 1.807) is 60.5 Å². The van der Waals surface area contributed by atoms with Crippen LogP contribution in [0.2, 0.25) is 0 Å². The molecule has 0 bridgehead atoms. The van der Waals surface area contributed by atoms with Gasteiger partial charge >= 0.3 is 6.03 Å². The molecule has 2 aliphatic heterocycles. The van der Waals surface area contributed by atoms with Gasteiger partial charge in [0.1, 0.15) is 23.6 Å². The molecule has 9 nitrogen and oxygen atoms in total. The van der Waals surface area contributed by atoms with Gasteiger partial charge in [-0.25, -0.2) is 9.69 Å². The third kappa shape index (κ3) is 4.44. The molecule has 4 aromatic carbocycles. The lowest BCUT2D eigenvalue weighted by Crippen LogP contribution is -2.44. The molecule has 4 amide bonds. The average Bonchev–Trinajstić information content (AvgIpc) is 3.55. The number of nitrogens with one attached hydrogen (secondary N) is 2. The Morgan fingerprint density at radius 1 is 0.909 bits per heavy atom. The molecule has 0 saturated carbocycles. The monoisotopic (exact) mass is 586 g/mol. The fourth-order valence-corrected chi connectivity index (χ4v) is 6.29. The summed E-state index contributed by atoms with van der Waals surface area (Å²) in [4.78, 5) is 48.4. The Balaban J connectivity index is 1.27. The topological polar surface area (TPSA) is 104 Å². The van der Waals surface area contributed by atoms with Gasteiger partial charge in [-0.1, -0.05) is 42.5 Å². The lowest BCUT2D eigenvalue weighted by atomic mass is 9.89. The summed E-state index contributed by atoms with van der Waals surface area (Å²) in [5.41, 5.74) is 4.69. The maximum atomic E-state index is 14.4. The molecular weight excluding hydrogens is 556 g/mol. The molecule has 2 atom stereocenters. The van der Waals surface area contributed by atoms with Crippen LogP contribution < -0.4 is 19.7 Å². The number of para-hydroxylation sites is 2. The van der Waals surface area contributed by atoms with Crippen molar-refractivity contribution in [2.24, 2.45) is 0 Å². The Hall–Kier alpha value is -5.57. The Labute approximate surface area is 254 Å². The van der Waals surface area contributed by atoms with Crippen molar-refractivity contribution >= 4 is 40.1 Å². The maximum Gasteiger partial charge on any atom is 0.332 e. The predicted molar refractivity (Wildman–Crippen MR) is 167 cm³/mol. The van der Waals surface area contributed by atoms with Crippen molar-refractivity contribution in [3.05, 3.63) is 119 Å². The smallest absolute Gasteiger partial charge is 0.332 e. The predicted octanol–water partition coefficient (Wildman–Crippen LogP) is 6.31. The highest BCUT2D eigenvalue weighted by Crippen LogP contribution is 2.45. The van der Waals surface area contributed by atoms with Gasteiger partial charge in [-0.05, 0) is 72.6 Å². The van der Waals surface area contributed by atoms with Gasteiger partial charge in [0, 0.05) is 28.7 Å². The number of rotatable bonds is 7. The van der Waals surface area contributed by atoms with E-state index in [0.717, 1.165) is 32.6 Å². The van der Waals surface area contributed by atoms with Gasteiger partial charge in [0.25, 0.3) is 11.8 Å². The summed E-state index contributed by atoms with van der Waals surface area (Å²) in [6, 6.07) is 27.4. The Morgan fingerprint density at radius 3 is 2.36 bits per heavy atom. The molecule has 0 radical (unpaired) electrons. The third-order valence-electron chi connectivity index (χ3n) is 8.29. The zero-order chi connectivity index (χ0) is 30.4. The van der Waals surface area contributed by atoms with Crippen LogP contribution in [0.25, 0.3) is 10.9 Å². The van der Waals surface area contributed by atoms with E-state index in [2.05, 4.69) is 10.3 Å². The Morgan fingerprint density at radius 2 is 1.61 bits per heavy atom. The molecule has 0 aliphatic carbocycles. The van der Waals surface area contributed by atoms with Gasteiger partial charge in [-0.2, -0.15) is 0 Å². The second kappa shape index (κ2) is 10.9. The lowest BCUT2D eigenvalue weighted by Gasteiger charge is -2.36. The Bertz CT molecular complexity index is 1900. The van der Waals surface area contributed by atoms with Crippen LogP contribution in [0.4, 0.5) is 16.2 Å². The van der Waals surface area contributed by atoms with E-state index in [4.69, 9.17) is 9.47 Å². The van der Waals surface area contributed by atoms with Crippen molar-refractivity contribution in [3.63, 3.8) is 0 Å². The number of nitrogens with zero attached hydrogens (tertiary/aromatic N) is 2. The summed E-state index contributed by atoms with van der Waals surface area (Å²) in [6.45, 7) is 2.44. The standard InChI is InChI=1S/C35H30N4O5/c1-3-44-24-18-14-22(15-19-24)36-33(40)26-9-5-7-11-29(26)39-34(41)30-20-27-25-8-4-6-10-28(25)37-31(27)32(38(30)35(39)42)21-12-16-23(43-2)17-13-21/h4-19,30,32,37H,3,20H2,1-2H3,(H,36,40)/t30-,32+/m0/s1. The van der Waals surface area contributed by atoms with Crippen molar-refractivity contribution in [1.82, 2.24) is 9.88 Å². The van der Waals surface area contributed by atoms with Crippen LogP contribution in [-0.4, -0.2) is 47.5 Å². The van der Waals surface area contributed by atoms with Crippen LogP contribution in [0.5, 0.6) is 11.5 Å². The summed E-state index contributed by atoms with van der Waals surface area (Å²) >= 11 is 0. The molecular formula is C35H30N4O5. The van der Waals surface area contributed by atoms with Gasteiger partial charge in [0.2, 0.25) is 0 Å². The van der Waals surface area contributed by atoms with Crippen LogP contribution in [-0.2, 0) is 11.2 Å². The Kier molecular flexibility index (Phi) is 6.77. The summed E-state index contributed by atoms with van der Waals surface area (Å²) in [7, 11) is 1.60. The van der Waals surface area contributed by atoms with Crippen molar-refractivity contribution in [1.29, 1.82) is 0 Å². The van der Waals surface area contributed by atoms with E-state index >= 15 is 0 Å². The van der Waals surface area contributed by atoms with E-state index in [0.29, 0.717) is 30.2 Å². The van der Waals surface area contributed by atoms with E-state index < -0.39 is 24.0 Å². The van der Waals surface area contributed by atoms with Gasteiger partial charge in [-0.3, -0.25) is 14.5 Å². The first-order valence-corrected chi connectivity index (χ1v) is 14.5. The van der Waals surface area contributed by atoms with Crippen LogP contribution in [0.3, 0.4) is 0 Å². The normalized spacial score (nSPS) is 17.4. The molecule has 220 valence electrons. The van der Waals surface area contributed by atoms with E-state index in [-0.39, 0.29) is 17.2 Å². The number of anilines is 2. The number of amides is 4. The molecule has 2 aliphatic rings. The van der Waals surface area contributed by atoms with Crippen LogP contribution >= 0.6 is 0 Å². The van der Waals surface area contributed by atoms with Gasteiger partial charge in [0.05, 0.1) is 25.0 Å². The molecule has 0 spiro atoms. The number of H-pyrrole nitrogens is 1. The fraction of sp³-hybridized carbons (Fsp3) is 0.171. The number of methoxy groups -OCH3 is 1. The second-order valence-electron chi connectivity index (χ2n) is 10.8.